The molecule has 7 nitrogen and oxygen atoms in total. The first kappa shape index (κ1) is 18.2. The van der Waals surface area contributed by atoms with Crippen molar-refractivity contribution in [2.24, 2.45) is 0 Å². The highest BCUT2D eigenvalue weighted by Crippen LogP contribution is 2.45. The van der Waals surface area contributed by atoms with E-state index in [0.29, 0.717) is 47.8 Å². The fraction of sp³-hybridized carbons (Fsp3) is 0.450. The lowest BCUT2D eigenvalue weighted by molar-refractivity contribution is -0.00597. The molecule has 0 radical (unpaired) electrons. The summed E-state index contributed by atoms with van der Waals surface area (Å²) in [6, 6.07) is 5.02. The number of rotatable bonds is 2. The van der Waals surface area contributed by atoms with Gasteiger partial charge >= 0.3 is 0 Å². The van der Waals surface area contributed by atoms with Gasteiger partial charge in [-0.3, -0.25) is 4.79 Å². The number of fused-ring (bicyclic) bond motifs is 2. The Morgan fingerprint density at radius 1 is 1.31 bits per heavy atom. The largest absolute Gasteiger partial charge is 0.488 e. The molecule has 1 unspecified atom stereocenters. The van der Waals surface area contributed by atoms with Crippen LogP contribution >= 0.6 is 0 Å². The zero-order chi connectivity index (χ0) is 20.3. The van der Waals surface area contributed by atoms with E-state index in [9.17, 15) is 18.7 Å². The number of anilines is 1. The number of aromatic nitrogens is 2. The fourth-order valence-corrected chi connectivity index (χ4v) is 3.96. The predicted octanol–water partition coefficient (Wildman–Crippen LogP) is 1.87. The van der Waals surface area contributed by atoms with Crippen molar-refractivity contribution in [3.05, 3.63) is 35.0 Å². The van der Waals surface area contributed by atoms with Gasteiger partial charge in [-0.25, -0.2) is 9.97 Å². The van der Waals surface area contributed by atoms with Gasteiger partial charge in [-0.15, -0.1) is 0 Å². The average Bonchev–Trinajstić information content (AvgIpc) is 2.89. The van der Waals surface area contributed by atoms with Crippen molar-refractivity contribution in [3.8, 4) is 17.0 Å². The first-order valence-electron chi connectivity index (χ1n) is 9.63. The molecule has 1 amide bonds. The van der Waals surface area contributed by atoms with Crippen LogP contribution in [-0.2, 0) is 12.3 Å². The molecule has 9 heteroatoms. The topological polar surface area (TPSA) is 87.6 Å². The van der Waals surface area contributed by atoms with Crippen LogP contribution in [0.4, 0.5) is 14.7 Å². The second kappa shape index (κ2) is 6.35. The number of aliphatic hydroxyl groups excluding tert-OH is 1. The minimum atomic E-state index is -3.01. The lowest BCUT2D eigenvalue weighted by Crippen LogP contribution is -2.51. The molecule has 2 aromatic rings. The number of nitrogens with zero attached hydrogens (tertiary/aromatic N) is 3. The molecule has 5 rings (SSSR count). The third-order valence-electron chi connectivity index (χ3n) is 5.55. The molecule has 0 spiro atoms. The number of β-amino-alcohol motifs (C(OH)–C–C–N with tert-alkyl or cyclic N) is 1. The third-order valence-corrected chi connectivity index (χ3v) is 5.55. The quantitative estimate of drug-likeness (QED) is 0.798. The summed E-state index contributed by atoms with van der Waals surface area (Å²) in [5, 5.41) is 12.4. The molecule has 152 valence electrons. The highest BCUT2D eigenvalue weighted by molar-refractivity contribution is 5.98. The number of alkyl halides is 2. The maximum Gasteiger partial charge on any atom is 0.290 e. The Labute approximate surface area is 165 Å². The summed E-state index contributed by atoms with van der Waals surface area (Å²) in [5.74, 6) is -2.65. The Bertz CT molecular complexity index is 1010. The summed E-state index contributed by atoms with van der Waals surface area (Å²) < 4.78 is 34.8. The van der Waals surface area contributed by atoms with Crippen molar-refractivity contribution >= 4 is 11.9 Å². The lowest BCUT2D eigenvalue weighted by Gasteiger charge is -2.36. The van der Waals surface area contributed by atoms with E-state index in [2.05, 4.69) is 15.3 Å². The molecule has 2 N–H and O–H groups in total. The molecular formula is C20H20F2N4O3. The molecule has 3 aliphatic rings. The zero-order valence-electron chi connectivity index (χ0n) is 15.8. The lowest BCUT2D eigenvalue weighted by atomic mass is 10.0. The predicted molar refractivity (Wildman–Crippen MR) is 100 cm³/mol. The number of amides is 1. The summed E-state index contributed by atoms with van der Waals surface area (Å²) in [4.78, 5) is 22.6. The molecule has 1 aliphatic carbocycles. The minimum absolute atomic E-state index is 0.176. The molecule has 29 heavy (non-hydrogen) atoms. The van der Waals surface area contributed by atoms with Crippen molar-refractivity contribution in [2.45, 2.75) is 37.9 Å². The normalized spacial score (nSPS) is 22.8. The fourth-order valence-electron chi connectivity index (χ4n) is 3.96. The molecule has 1 fully saturated rings. The maximum atomic E-state index is 14.5. The number of halogens is 2. The van der Waals surface area contributed by atoms with Gasteiger partial charge in [0.05, 0.1) is 23.9 Å². The Hall–Kier alpha value is -2.81. The van der Waals surface area contributed by atoms with Crippen LogP contribution < -0.4 is 15.0 Å². The van der Waals surface area contributed by atoms with Crippen molar-refractivity contribution in [1.29, 1.82) is 0 Å². The molecule has 0 saturated carbocycles. The van der Waals surface area contributed by atoms with Crippen LogP contribution in [0.1, 0.15) is 35.0 Å². The molecular weight excluding hydrogens is 382 g/mol. The van der Waals surface area contributed by atoms with Gasteiger partial charge in [-0.1, -0.05) is 6.07 Å². The zero-order valence-corrected chi connectivity index (χ0v) is 15.8. The van der Waals surface area contributed by atoms with E-state index in [4.69, 9.17) is 4.74 Å². The van der Waals surface area contributed by atoms with Crippen molar-refractivity contribution < 1.29 is 23.4 Å². The Kier molecular flexibility index (Phi) is 3.99. The van der Waals surface area contributed by atoms with Gasteiger partial charge in [-0.05, 0) is 25.5 Å². The van der Waals surface area contributed by atoms with E-state index in [1.165, 1.54) is 0 Å². The number of benzene rings is 1. The first-order chi connectivity index (χ1) is 13.8. The van der Waals surface area contributed by atoms with Crippen LogP contribution in [0.2, 0.25) is 0 Å². The van der Waals surface area contributed by atoms with Crippen LogP contribution in [0.25, 0.3) is 11.3 Å². The second-order valence-electron chi connectivity index (χ2n) is 7.81. The highest BCUT2D eigenvalue weighted by atomic mass is 19.3. The highest BCUT2D eigenvalue weighted by Gasteiger charge is 2.44. The van der Waals surface area contributed by atoms with Crippen LogP contribution in [0.15, 0.2) is 18.2 Å². The van der Waals surface area contributed by atoms with Gasteiger partial charge in [-0.2, -0.15) is 8.78 Å². The third kappa shape index (κ3) is 3.00. The van der Waals surface area contributed by atoms with Gasteiger partial charge in [0.15, 0.2) is 0 Å². The van der Waals surface area contributed by atoms with Gasteiger partial charge in [0.2, 0.25) is 5.95 Å². The number of aliphatic hydroxyl groups is 1. The summed E-state index contributed by atoms with van der Waals surface area (Å²) in [7, 11) is 0. The molecule has 1 aromatic carbocycles. The van der Waals surface area contributed by atoms with E-state index in [1.54, 1.807) is 23.1 Å². The van der Waals surface area contributed by atoms with Gasteiger partial charge in [0, 0.05) is 30.6 Å². The van der Waals surface area contributed by atoms with Crippen LogP contribution in [-0.4, -0.2) is 52.8 Å². The molecule has 1 aromatic heterocycles. The van der Waals surface area contributed by atoms with E-state index in [0.717, 1.165) is 0 Å². The summed E-state index contributed by atoms with van der Waals surface area (Å²) in [6.07, 6.45) is -0.849. The monoisotopic (exact) mass is 402 g/mol. The summed E-state index contributed by atoms with van der Waals surface area (Å²) >= 11 is 0. The molecule has 2 aliphatic heterocycles. The van der Waals surface area contributed by atoms with Crippen LogP contribution in [0, 0.1) is 0 Å². The van der Waals surface area contributed by atoms with Crippen LogP contribution in [0.3, 0.4) is 0 Å². The van der Waals surface area contributed by atoms with Crippen molar-refractivity contribution in [2.75, 3.05) is 24.5 Å². The van der Waals surface area contributed by atoms with E-state index >= 15 is 0 Å². The van der Waals surface area contributed by atoms with Crippen molar-refractivity contribution in [3.63, 3.8) is 0 Å². The number of ether oxygens (including phenoxy) is 1. The Balaban J connectivity index is 1.63. The number of hydrogen-bond donors (Lipinski definition) is 2. The minimum Gasteiger partial charge on any atom is -0.488 e. The number of hydrogen-bond acceptors (Lipinski definition) is 6. The molecule has 0 bridgehead atoms. The van der Waals surface area contributed by atoms with E-state index in [-0.39, 0.29) is 36.5 Å². The molecule has 3 heterocycles. The van der Waals surface area contributed by atoms with Gasteiger partial charge < -0.3 is 20.1 Å². The summed E-state index contributed by atoms with van der Waals surface area (Å²) in [6.45, 7) is 2.86. The molecule has 1 atom stereocenters. The number of carbonyl (C=O) groups excluding carboxylic acids is 1. The van der Waals surface area contributed by atoms with Crippen LogP contribution in [0.5, 0.6) is 5.75 Å². The Morgan fingerprint density at radius 2 is 2.10 bits per heavy atom. The van der Waals surface area contributed by atoms with Crippen molar-refractivity contribution in [1.82, 2.24) is 15.3 Å². The Morgan fingerprint density at radius 3 is 2.86 bits per heavy atom. The molecule has 1 saturated heterocycles. The standard InChI is InChI=1S/C20H20F2N4O3/c1-10-7-23-18(28)13-3-2-11(6-15(13)29-10)16-14-4-5-20(21,22)17(14)25-19(24-16)26-8-12(27)9-26/h2-3,6,10,12,27H,4-5,7-9H2,1H3,(H,23,28). The average molecular weight is 402 g/mol. The van der Waals surface area contributed by atoms with E-state index < -0.39 is 12.0 Å². The number of nitrogens with one attached hydrogen (secondary N) is 1. The summed E-state index contributed by atoms with van der Waals surface area (Å²) in [5.41, 5.74) is 1.60. The first-order valence-corrected chi connectivity index (χ1v) is 9.63. The van der Waals surface area contributed by atoms with Gasteiger partial charge in [0.1, 0.15) is 17.5 Å². The maximum absolute atomic E-state index is 14.5. The smallest absolute Gasteiger partial charge is 0.290 e. The van der Waals surface area contributed by atoms with Gasteiger partial charge in [0.25, 0.3) is 11.8 Å². The SMILES string of the molecule is CC1CNC(=O)c2ccc(-c3nc(N4CC(O)C4)nc4c3CCC4(F)F)cc2O1. The number of carbonyl (C=O) groups is 1. The van der Waals surface area contributed by atoms with E-state index in [1.807, 2.05) is 6.92 Å². The second-order valence-corrected chi connectivity index (χ2v) is 7.81.